The van der Waals surface area contributed by atoms with E-state index >= 15 is 0 Å². The molecular formula is C28H27N3O2. The van der Waals surface area contributed by atoms with Crippen molar-refractivity contribution in [2.45, 2.75) is 44.6 Å². The number of benzene rings is 2. The molecule has 5 rings (SSSR count). The van der Waals surface area contributed by atoms with E-state index < -0.39 is 5.41 Å². The van der Waals surface area contributed by atoms with Crippen LogP contribution in [0.1, 0.15) is 42.5 Å². The van der Waals surface area contributed by atoms with E-state index in [1.807, 2.05) is 42.5 Å². The van der Waals surface area contributed by atoms with Gasteiger partial charge in [0, 0.05) is 29.6 Å². The van der Waals surface area contributed by atoms with Gasteiger partial charge >= 0.3 is 0 Å². The minimum atomic E-state index is -0.410. The van der Waals surface area contributed by atoms with Crippen LogP contribution < -0.4 is 0 Å². The lowest BCUT2D eigenvalue weighted by molar-refractivity contribution is -0.117. The van der Waals surface area contributed by atoms with Crippen LogP contribution >= 0.6 is 0 Å². The van der Waals surface area contributed by atoms with E-state index in [1.165, 1.54) is 5.69 Å². The van der Waals surface area contributed by atoms with Gasteiger partial charge < -0.3 is 9.30 Å². The summed E-state index contributed by atoms with van der Waals surface area (Å²) in [4.78, 5) is 17.5. The van der Waals surface area contributed by atoms with Crippen molar-refractivity contribution in [1.29, 1.82) is 5.26 Å². The van der Waals surface area contributed by atoms with Crippen LogP contribution in [0.5, 0.6) is 0 Å². The van der Waals surface area contributed by atoms with Crippen LogP contribution in [0.25, 0.3) is 5.69 Å². The molecule has 2 aliphatic carbocycles. The largest absolute Gasteiger partial charge is 0.376 e. The molecular weight excluding hydrogens is 410 g/mol. The van der Waals surface area contributed by atoms with Crippen LogP contribution in [-0.2, 0) is 34.4 Å². The molecule has 0 radical (unpaired) electrons. The van der Waals surface area contributed by atoms with Gasteiger partial charge in [-0.25, -0.2) is 4.98 Å². The molecule has 0 saturated carbocycles. The summed E-state index contributed by atoms with van der Waals surface area (Å²) in [5.41, 5.74) is 4.28. The first kappa shape index (κ1) is 21.4. The first-order valence-electron chi connectivity index (χ1n) is 11.5. The highest BCUT2D eigenvalue weighted by molar-refractivity contribution is 6.00. The van der Waals surface area contributed by atoms with Gasteiger partial charge in [0.2, 0.25) is 0 Å². The number of carbonyl (C=O) groups is 1. The van der Waals surface area contributed by atoms with Crippen LogP contribution in [0.2, 0.25) is 0 Å². The SMILES string of the molecule is CC12C=C(C#N)C(=O)CC1CCc1c2nc(CCOCc2ccccc2)n1-c1ccccc1. The third-order valence-corrected chi connectivity index (χ3v) is 7.02. The maximum Gasteiger partial charge on any atom is 0.173 e. The number of allylic oxidation sites excluding steroid dienone is 2. The van der Waals surface area contributed by atoms with Crippen LogP contribution in [0, 0.1) is 17.2 Å². The zero-order chi connectivity index (χ0) is 22.8. The van der Waals surface area contributed by atoms with E-state index in [-0.39, 0.29) is 17.3 Å². The monoisotopic (exact) mass is 437 g/mol. The van der Waals surface area contributed by atoms with E-state index in [4.69, 9.17) is 9.72 Å². The summed E-state index contributed by atoms with van der Waals surface area (Å²) in [6.07, 6.45) is 4.75. The maximum absolute atomic E-state index is 12.4. The van der Waals surface area contributed by atoms with E-state index in [0.717, 1.165) is 35.6 Å². The topological polar surface area (TPSA) is 67.9 Å². The minimum Gasteiger partial charge on any atom is -0.376 e. The van der Waals surface area contributed by atoms with Crippen molar-refractivity contribution >= 4 is 5.78 Å². The highest BCUT2D eigenvalue weighted by Crippen LogP contribution is 2.47. The van der Waals surface area contributed by atoms with E-state index in [9.17, 15) is 10.1 Å². The summed E-state index contributed by atoms with van der Waals surface area (Å²) in [5.74, 6) is 1.10. The minimum absolute atomic E-state index is 0.0412. The van der Waals surface area contributed by atoms with Gasteiger partial charge in [0.05, 0.1) is 24.5 Å². The molecule has 0 N–H and O–H groups in total. The number of aromatic nitrogens is 2. The van der Waals surface area contributed by atoms with E-state index in [0.29, 0.717) is 26.1 Å². The molecule has 0 bridgehead atoms. The molecule has 2 aromatic carbocycles. The number of carbonyl (C=O) groups excluding carboxylic acids is 1. The van der Waals surface area contributed by atoms with Gasteiger partial charge in [0.25, 0.3) is 0 Å². The Hall–Kier alpha value is -3.49. The number of ketones is 1. The Bertz CT molecular complexity index is 1240. The number of rotatable bonds is 6. The molecule has 2 unspecified atom stereocenters. The molecule has 5 heteroatoms. The molecule has 5 nitrogen and oxygen atoms in total. The summed E-state index contributed by atoms with van der Waals surface area (Å²) in [6.45, 7) is 3.27. The third-order valence-electron chi connectivity index (χ3n) is 7.02. The molecule has 2 atom stereocenters. The van der Waals surface area contributed by atoms with Crippen LogP contribution in [-0.4, -0.2) is 21.9 Å². The molecule has 33 heavy (non-hydrogen) atoms. The Morgan fingerprint density at radius 2 is 1.88 bits per heavy atom. The normalized spacial score (nSPS) is 21.6. The molecule has 1 aromatic heterocycles. The van der Waals surface area contributed by atoms with Gasteiger partial charge in [0.1, 0.15) is 11.9 Å². The Labute approximate surface area is 194 Å². The van der Waals surface area contributed by atoms with Crippen molar-refractivity contribution in [3.8, 4) is 11.8 Å². The Morgan fingerprint density at radius 1 is 1.15 bits per heavy atom. The third kappa shape index (κ3) is 3.92. The van der Waals surface area contributed by atoms with Crippen molar-refractivity contribution in [3.05, 3.63) is 95.1 Å². The predicted molar refractivity (Wildman–Crippen MR) is 126 cm³/mol. The molecule has 0 saturated heterocycles. The summed E-state index contributed by atoms with van der Waals surface area (Å²) < 4.78 is 8.24. The second kappa shape index (κ2) is 8.80. The average Bonchev–Trinajstić information content (AvgIpc) is 3.23. The van der Waals surface area contributed by atoms with Crippen molar-refractivity contribution < 1.29 is 9.53 Å². The first-order valence-corrected chi connectivity index (χ1v) is 11.5. The Morgan fingerprint density at radius 3 is 2.61 bits per heavy atom. The highest BCUT2D eigenvalue weighted by atomic mass is 16.5. The van der Waals surface area contributed by atoms with Crippen molar-refractivity contribution in [2.75, 3.05) is 6.61 Å². The first-order chi connectivity index (χ1) is 16.1. The molecule has 3 aromatic rings. The zero-order valence-corrected chi connectivity index (χ0v) is 18.8. The van der Waals surface area contributed by atoms with Crippen LogP contribution in [0.15, 0.2) is 72.3 Å². The number of imidazole rings is 1. The van der Waals surface area contributed by atoms with Gasteiger partial charge in [-0.2, -0.15) is 5.26 Å². The zero-order valence-electron chi connectivity index (χ0n) is 18.8. The summed E-state index contributed by atoms with van der Waals surface area (Å²) in [5, 5.41) is 9.51. The van der Waals surface area contributed by atoms with Crippen molar-refractivity contribution in [3.63, 3.8) is 0 Å². The highest BCUT2D eigenvalue weighted by Gasteiger charge is 2.46. The predicted octanol–water partition coefficient (Wildman–Crippen LogP) is 4.87. The second-order valence-corrected chi connectivity index (χ2v) is 9.10. The number of hydrogen-bond acceptors (Lipinski definition) is 4. The smallest absolute Gasteiger partial charge is 0.173 e. The lowest BCUT2D eigenvalue weighted by atomic mass is 9.62. The van der Waals surface area contributed by atoms with E-state index in [2.05, 4.69) is 41.8 Å². The van der Waals surface area contributed by atoms with Gasteiger partial charge in [-0.15, -0.1) is 0 Å². The van der Waals surface area contributed by atoms with Gasteiger partial charge in [-0.05, 0) is 36.5 Å². The Kier molecular flexibility index (Phi) is 5.70. The molecule has 1 heterocycles. The molecule has 0 fully saturated rings. The number of fused-ring (bicyclic) bond motifs is 3. The lowest BCUT2D eigenvalue weighted by Gasteiger charge is -2.41. The fourth-order valence-corrected chi connectivity index (χ4v) is 5.26. The van der Waals surface area contributed by atoms with Crippen LogP contribution in [0.4, 0.5) is 0 Å². The number of nitrogens with zero attached hydrogens (tertiary/aromatic N) is 3. The summed E-state index contributed by atoms with van der Waals surface area (Å²) in [6, 6.07) is 22.6. The molecule has 2 aliphatic rings. The van der Waals surface area contributed by atoms with Crippen molar-refractivity contribution in [2.24, 2.45) is 5.92 Å². The number of hydrogen-bond donors (Lipinski definition) is 0. The quantitative estimate of drug-likeness (QED) is 0.516. The number of para-hydroxylation sites is 1. The lowest BCUT2D eigenvalue weighted by Crippen LogP contribution is -2.40. The van der Waals surface area contributed by atoms with Gasteiger partial charge in [-0.1, -0.05) is 61.5 Å². The van der Waals surface area contributed by atoms with E-state index in [1.54, 1.807) is 0 Å². The summed E-state index contributed by atoms with van der Waals surface area (Å²) >= 11 is 0. The fraction of sp³-hybridized carbons (Fsp3) is 0.321. The number of Topliss-reactive ketones (excluding diaryl/α,β-unsaturated/α-hetero) is 1. The molecule has 166 valence electrons. The fourth-order valence-electron chi connectivity index (χ4n) is 5.26. The average molecular weight is 438 g/mol. The van der Waals surface area contributed by atoms with Crippen LogP contribution in [0.3, 0.4) is 0 Å². The maximum atomic E-state index is 12.4. The molecule has 0 aliphatic heterocycles. The van der Waals surface area contributed by atoms with Crippen molar-refractivity contribution in [1.82, 2.24) is 9.55 Å². The van der Waals surface area contributed by atoms with Gasteiger partial charge in [0.15, 0.2) is 5.78 Å². The molecule has 0 amide bonds. The Balaban J connectivity index is 1.49. The second-order valence-electron chi connectivity index (χ2n) is 9.10. The number of nitriles is 1. The standard InChI is InChI=1S/C28H27N3O2/c1-28-17-21(18-29)25(32)16-22(28)12-13-24-27(28)30-26(31(24)23-10-6-3-7-11-23)14-15-33-19-20-8-4-2-5-9-20/h2-11,17,22H,12-16,19H2,1H3. The number of ether oxygens (including phenoxy) is 1. The van der Waals surface area contributed by atoms with Gasteiger partial charge in [-0.3, -0.25) is 4.79 Å². The molecule has 0 spiro atoms. The summed E-state index contributed by atoms with van der Waals surface area (Å²) in [7, 11) is 0.